The van der Waals surface area contributed by atoms with Gasteiger partial charge in [-0.3, -0.25) is 4.79 Å². The molecule has 148 valence electrons. The van der Waals surface area contributed by atoms with Crippen LogP contribution in [-0.2, 0) is 27.1 Å². The molecule has 1 aliphatic carbocycles. The second-order valence-electron chi connectivity index (χ2n) is 8.01. The topological polar surface area (TPSA) is 96.2 Å². The van der Waals surface area contributed by atoms with Crippen molar-refractivity contribution in [1.29, 1.82) is 0 Å². The lowest BCUT2D eigenvalue weighted by Gasteiger charge is -2.18. The van der Waals surface area contributed by atoms with Crippen molar-refractivity contribution in [2.75, 3.05) is 0 Å². The maximum Gasteiger partial charge on any atom is 0.164 e. The van der Waals surface area contributed by atoms with Crippen LogP contribution < -0.4 is 0 Å². The summed E-state index contributed by atoms with van der Waals surface area (Å²) in [7, 11) is 0. The molecule has 6 heteroatoms. The summed E-state index contributed by atoms with van der Waals surface area (Å²) in [6, 6.07) is 10.1. The molecule has 0 spiro atoms. The lowest BCUT2D eigenvalue weighted by atomic mass is 9.96. The molecule has 3 N–H and O–H groups in total. The van der Waals surface area contributed by atoms with Crippen LogP contribution >= 0.6 is 0 Å². The highest BCUT2D eigenvalue weighted by Crippen LogP contribution is 2.39. The Balaban J connectivity index is 1.82. The number of hydrogen-bond donors (Lipinski definition) is 3. The number of ketones is 1. The Labute approximate surface area is 163 Å². The summed E-state index contributed by atoms with van der Waals surface area (Å²) in [5, 5.41) is 31.1. The van der Waals surface area contributed by atoms with Gasteiger partial charge in [0.1, 0.15) is 17.6 Å². The number of hydrogen-bond acceptors (Lipinski definition) is 6. The molecule has 0 amide bonds. The first-order valence-corrected chi connectivity index (χ1v) is 9.42. The molecule has 2 aromatic carbocycles. The number of rotatable bonds is 0. The molecule has 1 heterocycles. The van der Waals surface area contributed by atoms with Crippen LogP contribution in [0.4, 0.5) is 0 Å². The first kappa shape index (κ1) is 18.9. The summed E-state index contributed by atoms with van der Waals surface area (Å²) >= 11 is 0. The normalized spacial score (nSPS) is 26.7. The Morgan fingerprint density at radius 3 is 1.93 bits per heavy atom. The number of aromatic hydroxyl groups is 2. The lowest BCUT2D eigenvalue weighted by Crippen LogP contribution is -2.32. The SMILES string of the molecule is CC1(C)O[C@H]2Cc3ccc(O)c(c3)-c3cc(ccc3O)C[C@@H](O)C(=O)C[C@H]2O1. The highest BCUT2D eigenvalue weighted by atomic mass is 16.7. The highest BCUT2D eigenvalue weighted by Gasteiger charge is 2.42. The molecule has 6 nitrogen and oxygen atoms in total. The number of carbonyl (C=O) groups excluding carboxylic acids is 1. The number of carbonyl (C=O) groups is 1. The fourth-order valence-corrected chi connectivity index (χ4v) is 4.01. The minimum Gasteiger partial charge on any atom is -0.507 e. The maximum atomic E-state index is 12.6. The molecule has 0 saturated carbocycles. The number of aliphatic hydroxyl groups is 1. The van der Waals surface area contributed by atoms with Gasteiger partial charge in [0.05, 0.1) is 12.2 Å². The molecule has 0 unspecified atom stereocenters. The summed E-state index contributed by atoms with van der Waals surface area (Å²) in [6.45, 7) is 3.60. The minimum atomic E-state index is -1.18. The van der Waals surface area contributed by atoms with Crippen LogP contribution in [0.25, 0.3) is 11.1 Å². The van der Waals surface area contributed by atoms with Crippen LogP contribution in [0.15, 0.2) is 36.4 Å². The van der Waals surface area contributed by atoms with Gasteiger partial charge in [-0.1, -0.05) is 12.1 Å². The Hall–Kier alpha value is -2.41. The van der Waals surface area contributed by atoms with Gasteiger partial charge in [-0.25, -0.2) is 0 Å². The second-order valence-corrected chi connectivity index (χ2v) is 8.01. The van der Waals surface area contributed by atoms with Crippen molar-refractivity contribution in [2.24, 2.45) is 0 Å². The fraction of sp³-hybridized carbons (Fsp3) is 0.409. The largest absolute Gasteiger partial charge is 0.507 e. The molecule has 0 aromatic heterocycles. The predicted molar refractivity (Wildman–Crippen MR) is 102 cm³/mol. The van der Waals surface area contributed by atoms with E-state index in [9.17, 15) is 20.1 Å². The fourth-order valence-electron chi connectivity index (χ4n) is 4.01. The monoisotopic (exact) mass is 384 g/mol. The minimum absolute atomic E-state index is 0.0198. The van der Waals surface area contributed by atoms with E-state index < -0.39 is 18.0 Å². The number of phenols is 2. The summed E-state index contributed by atoms with van der Waals surface area (Å²) in [4.78, 5) is 12.6. The van der Waals surface area contributed by atoms with Gasteiger partial charge in [-0.2, -0.15) is 0 Å². The van der Waals surface area contributed by atoms with Crippen LogP contribution in [-0.4, -0.2) is 45.2 Å². The van der Waals surface area contributed by atoms with E-state index in [1.54, 1.807) is 38.1 Å². The van der Waals surface area contributed by atoms with Crippen molar-refractivity contribution in [2.45, 2.75) is 57.2 Å². The third kappa shape index (κ3) is 3.63. The van der Waals surface area contributed by atoms with Crippen LogP contribution in [0.3, 0.4) is 0 Å². The Kier molecular flexibility index (Phi) is 4.65. The number of fused-ring (bicyclic) bond motifs is 6. The number of phenolic OH excluding ortho intramolecular Hbond substituents is 2. The summed E-state index contributed by atoms with van der Waals surface area (Å²) in [5.74, 6) is -1.06. The van der Waals surface area contributed by atoms with Gasteiger partial charge in [-0.05, 0) is 49.2 Å². The van der Waals surface area contributed by atoms with Crippen molar-refractivity contribution in [1.82, 2.24) is 0 Å². The molecular weight excluding hydrogens is 360 g/mol. The second kappa shape index (κ2) is 6.88. The molecule has 28 heavy (non-hydrogen) atoms. The summed E-state index contributed by atoms with van der Waals surface area (Å²) in [6.07, 6.45) is -1.35. The van der Waals surface area contributed by atoms with E-state index in [4.69, 9.17) is 9.47 Å². The van der Waals surface area contributed by atoms with Gasteiger partial charge >= 0.3 is 0 Å². The van der Waals surface area contributed by atoms with E-state index in [0.717, 1.165) is 5.56 Å². The lowest BCUT2D eigenvalue weighted by molar-refractivity contribution is -0.149. The Morgan fingerprint density at radius 1 is 0.857 bits per heavy atom. The van der Waals surface area contributed by atoms with Gasteiger partial charge in [0.25, 0.3) is 0 Å². The first-order chi connectivity index (χ1) is 13.2. The third-order valence-electron chi connectivity index (χ3n) is 5.34. The maximum absolute atomic E-state index is 12.6. The average molecular weight is 384 g/mol. The highest BCUT2D eigenvalue weighted by molar-refractivity contribution is 5.84. The third-order valence-corrected chi connectivity index (χ3v) is 5.34. The van der Waals surface area contributed by atoms with Gasteiger partial charge < -0.3 is 24.8 Å². The number of ether oxygens (including phenoxy) is 2. The molecule has 3 atom stereocenters. The van der Waals surface area contributed by atoms with Gasteiger partial charge in [0, 0.05) is 30.4 Å². The molecule has 0 radical (unpaired) electrons. The molecule has 1 aliphatic heterocycles. The van der Waals surface area contributed by atoms with E-state index in [1.807, 2.05) is 6.07 Å². The quantitative estimate of drug-likeness (QED) is 0.646. The van der Waals surface area contributed by atoms with Crippen LogP contribution in [0.5, 0.6) is 11.5 Å². The zero-order valence-electron chi connectivity index (χ0n) is 15.9. The molecule has 2 aliphatic rings. The van der Waals surface area contributed by atoms with Crippen molar-refractivity contribution in [3.05, 3.63) is 47.5 Å². The van der Waals surface area contributed by atoms with Crippen LogP contribution in [0.1, 0.15) is 31.4 Å². The van der Waals surface area contributed by atoms with Crippen LogP contribution in [0.2, 0.25) is 0 Å². The predicted octanol–water partition coefficient (Wildman–Crippen LogP) is 2.70. The molecule has 1 fully saturated rings. The van der Waals surface area contributed by atoms with Crippen LogP contribution in [0, 0.1) is 0 Å². The summed E-state index contributed by atoms with van der Waals surface area (Å²) in [5.41, 5.74) is 2.53. The van der Waals surface area contributed by atoms with E-state index in [0.29, 0.717) is 23.1 Å². The molecule has 2 aromatic rings. The number of Topliss-reactive ketones (excluding diaryl/α,β-unsaturated/α-hetero) is 1. The molecule has 1 saturated heterocycles. The number of benzene rings is 2. The van der Waals surface area contributed by atoms with E-state index in [2.05, 4.69) is 0 Å². The van der Waals surface area contributed by atoms with E-state index in [-0.39, 0.29) is 36.2 Å². The molecule has 4 bridgehead atoms. The van der Waals surface area contributed by atoms with Crippen molar-refractivity contribution in [3.8, 4) is 22.6 Å². The zero-order valence-corrected chi connectivity index (χ0v) is 15.9. The summed E-state index contributed by atoms with van der Waals surface area (Å²) < 4.78 is 11.9. The standard InChI is InChI=1S/C22H24O6/c1-22(2)27-20-10-13-4-6-17(24)15(8-13)14-7-12(3-5-16(14)23)9-18(25)19(26)11-21(20)28-22/h3-8,18,20-21,23-25H,9-11H2,1-2H3/t18-,20+,21-/m1/s1. The van der Waals surface area contributed by atoms with Gasteiger partial charge in [0.15, 0.2) is 11.6 Å². The van der Waals surface area contributed by atoms with Crippen molar-refractivity contribution in [3.63, 3.8) is 0 Å². The average Bonchev–Trinajstić information content (AvgIpc) is 2.91. The van der Waals surface area contributed by atoms with E-state index >= 15 is 0 Å². The molecular formula is C22H24O6. The Bertz CT molecular complexity index is 919. The first-order valence-electron chi connectivity index (χ1n) is 9.42. The smallest absolute Gasteiger partial charge is 0.164 e. The number of aliphatic hydroxyl groups excluding tert-OH is 1. The zero-order chi connectivity index (χ0) is 20.1. The Morgan fingerprint density at radius 2 is 1.36 bits per heavy atom. The van der Waals surface area contributed by atoms with Crippen molar-refractivity contribution >= 4 is 5.78 Å². The van der Waals surface area contributed by atoms with Crippen molar-refractivity contribution < 1.29 is 29.6 Å². The van der Waals surface area contributed by atoms with Gasteiger partial charge in [0.2, 0.25) is 0 Å². The van der Waals surface area contributed by atoms with Gasteiger partial charge in [-0.15, -0.1) is 0 Å². The molecule has 4 rings (SSSR count). The van der Waals surface area contributed by atoms with E-state index in [1.165, 1.54) is 6.07 Å².